The smallest absolute Gasteiger partial charge is 0.337 e. The second-order valence-electron chi connectivity index (χ2n) is 3.90. The number of nitrogens with zero attached hydrogens (tertiary/aromatic N) is 1. The maximum atomic E-state index is 10.8. The standard InChI is InChI=1S/C13H10Cl2N2O2/c1-7-9(14)3-2-4-11(7)17-12-10(15)5-8(6-16-12)13(18)19/h2-6H,1H3,(H,16,17)(H,18,19). The first-order chi connectivity index (χ1) is 8.99. The Morgan fingerprint density at radius 2 is 2.05 bits per heavy atom. The van der Waals surface area contributed by atoms with Crippen LogP contribution in [0, 0.1) is 6.92 Å². The molecule has 0 fully saturated rings. The summed E-state index contributed by atoms with van der Waals surface area (Å²) >= 11 is 12.0. The van der Waals surface area contributed by atoms with Crippen molar-refractivity contribution in [1.82, 2.24) is 4.98 Å². The fourth-order valence-corrected chi connectivity index (χ4v) is 1.91. The molecule has 98 valence electrons. The first-order valence-electron chi connectivity index (χ1n) is 5.40. The van der Waals surface area contributed by atoms with Crippen LogP contribution in [-0.4, -0.2) is 16.1 Å². The molecule has 1 aromatic heterocycles. The van der Waals surface area contributed by atoms with Gasteiger partial charge in [-0.1, -0.05) is 29.3 Å². The van der Waals surface area contributed by atoms with Crippen molar-refractivity contribution in [3.63, 3.8) is 0 Å². The van der Waals surface area contributed by atoms with Gasteiger partial charge in [0, 0.05) is 16.9 Å². The van der Waals surface area contributed by atoms with E-state index in [1.807, 2.05) is 13.0 Å². The van der Waals surface area contributed by atoms with Crippen molar-refractivity contribution in [3.8, 4) is 0 Å². The molecule has 6 heteroatoms. The number of hydrogen-bond donors (Lipinski definition) is 2. The molecule has 0 radical (unpaired) electrons. The first kappa shape index (κ1) is 13.6. The van der Waals surface area contributed by atoms with Gasteiger partial charge in [-0.25, -0.2) is 9.78 Å². The summed E-state index contributed by atoms with van der Waals surface area (Å²) < 4.78 is 0. The van der Waals surface area contributed by atoms with Gasteiger partial charge in [-0.2, -0.15) is 0 Å². The van der Waals surface area contributed by atoms with Crippen LogP contribution in [0.5, 0.6) is 0 Å². The van der Waals surface area contributed by atoms with Gasteiger partial charge in [-0.05, 0) is 30.7 Å². The molecule has 2 aromatic rings. The van der Waals surface area contributed by atoms with Crippen LogP contribution in [0.3, 0.4) is 0 Å². The predicted octanol–water partition coefficient (Wildman–Crippen LogP) is 4.14. The lowest BCUT2D eigenvalue weighted by Gasteiger charge is -2.11. The Hall–Kier alpha value is -1.78. The molecule has 19 heavy (non-hydrogen) atoms. The largest absolute Gasteiger partial charge is 0.478 e. The van der Waals surface area contributed by atoms with Crippen molar-refractivity contribution in [1.29, 1.82) is 0 Å². The Kier molecular flexibility index (Phi) is 3.93. The summed E-state index contributed by atoms with van der Waals surface area (Å²) in [5, 5.41) is 12.7. The molecule has 0 saturated heterocycles. The zero-order valence-electron chi connectivity index (χ0n) is 9.95. The fourth-order valence-electron chi connectivity index (χ4n) is 1.52. The van der Waals surface area contributed by atoms with Crippen LogP contribution in [0.15, 0.2) is 30.5 Å². The number of pyridine rings is 1. The van der Waals surface area contributed by atoms with Gasteiger partial charge in [0.05, 0.1) is 10.6 Å². The van der Waals surface area contributed by atoms with Gasteiger partial charge in [-0.15, -0.1) is 0 Å². The van der Waals surface area contributed by atoms with Gasteiger partial charge < -0.3 is 10.4 Å². The molecule has 0 aliphatic heterocycles. The minimum absolute atomic E-state index is 0.0402. The molecule has 4 nitrogen and oxygen atoms in total. The van der Waals surface area contributed by atoms with Crippen molar-refractivity contribution in [2.24, 2.45) is 0 Å². The van der Waals surface area contributed by atoms with Gasteiger partial charge in [0.25, 0.3) is 0 Å². The summed E-state index contributed by atoms with van der Waals surface area (Å²) in [6.07, 6.45) is 1.25. The van der Waals surface area contributed by atoms with E-state index in [0.717, 1.165) is 11.3 Å². The molecule has 0 saturated carbocycles. The third kappa shape index (κ3) is 2.97. The highest BCUT2D eigenvalue weighted by Crippen LogP contribution is 2.28. The molecular weight excluding hydrogens is 287 g/mol. The average molecular weight is 297 g/mol. The SMILES string of the molecule is Cc1c(Cl)cccc1Nc1ncc(C(=O)O)cc1Cl. The molecule has 0 unspecified atom stereocenters. The van der Waals surface area contributed by atoms with E-state index < -0.39 is 5.97 Å². The lowest BCUT2D eigenvalue weighted by Crippen LogP contribution is -2.01. The van der Waals surface area contributed by atoms with E-state index in [0.29, 0.717) is 10.8 Å². The zero-order valence-corrected chi connectivity index (χ0v) is 11.5. The highest BCUT2D eigenvalue weighted by molar-refractivity contribution is 6.33. The van der Waals surface area contributed by atoms with E-state index >= 15 is 0 Å². The summed E-state index contributed by atoms with van der Waals surface area (Å²) in [6, 6.07) is 6.77. The van der Waals surface area contributed by atoms with Crippen molar-refractivity contribution in [2.45, 2.75) is 6.92 Å². The number of anilines is 2. The number of carbonyl (C=O) groups is 1. The van der Waals surface area contributed by atoms with Gasteiger partial charge in [0.15, 0.2) is 0 Å². The van der Waals surface area contributed by atoms with Crippen LogP contribution >= 0.6 is 23.2 Å². The highest BCUT2D eigenvalue weighted by Gasteiger charge is 2.10. The first-order valence-corrected chi connectivity index (χ1v) is 6.15. The summed E-state index contributed by atoms with van der Waals surface area (Å²) in [4.78, 5) is 14.8. The third-order valence-electron chi connectivity index (χ3n) is 2.61. The van der Waals surface area contributed by atoms with E-state index in [1.54, 1.807) is 12.1 Å². The van der Waals surface area contributed by atoms with E-state index in [1.165, 1.54) is 12.3 Å². The molecule has 0 aliphatic carbocycles. The number of halogens is 2. The average Bonchev–Trinajstić information content (AvgIpc) is 2.37. The maximum Gasteiger partial charge on any atom is 0.337 e. The molecule has 0 atom stereocenters. The van der Waals surface area contributed by atoms with E-state index in [-0.39, 0.29) is 10.6 Å². The molecule has 1 heterocycles. The molecule has 0 spiro atoms. The van der Waals surface area contributed by atoms with Crippen molar-refractivity contribution < 1.29 is 9.90 Å². The normalized spacial score (nSPS) is 10.3. The summed E-state index contributed by atoms with van der Waals surface area (Å²) in [5.74, 6) is -0.683. The monoisotopic (exact) mass is 296 g/mol. The van der Waals surface area contributed by atoms with Gasteiger partial charge >= 0.3 is 5.97 Å². The second kappa shape index (κ2) is 5.47. The number of aromatic carboxylic acids is 1. The molecular formula is C13H10Cl2N2O2. The lowest BCUT2D eigenvalue weighted by molar-refractivity contribution is 0.0696. The zero-order chi connectivity index (χ0) is 14.0. The molecule has 1 aromatic carbocycles. The Morgan fingerprint density at radius 3 is 2.68 bits per heavy atom. The van der Waals surface area contributed by atoms with E-state index in [4.69, 9.17) is 28.3 Å². The van der Waals surface area contributed by atoms with E-state index in [2.05, 4.69) is 10.3 Å². The number of benzene rings is 1. The molecule has 2 rings (SSSR count). The van der Waals surface area contributed by atoms with Gasteiger partial charge in [0.1, 0.15) is 5.82 Å². The van der Waals surface area contributed by atoms with Gasteiger partial charge in [-0.3, -0.25) is 0 Å². The number of hydrogen-bond acceptors (Lipinski definition) is 3. The third-order valence-corrected chi connectivity index (χ3v) is 3.31. The molecule has 2 N–H and O–H groups in total. The van der Waals surface area contributed by atoms with Crippen molar-refractivity contribution >= 4 is 40.7 Å². The Morgan fingerprint density at radius 1 is 1.32 bits per heavy atom. The molecule has 0 amide bonds. The number of carboxylic acids is 1. The maximum absolute atomic E-state index is 10.8. The Balaban J connectivity index is 2.34. The number of nitrogens with one attached hydrogen (secondary N) is 1. The van der Waals surface area contributed by atoms with Crippen LogP contribution in [0.4, 0.5) is 11.5 Å². The van der Waals surface area contributed by atoms with Crippen LogP contribution in [0.2, 0.25) is 10.0 Å². The summed E-state index contributed by atoms with van der Waals surface area (Å²) in [6.45, 7) is 1.87. The van der Waals surface area contributed by atoms with Crippen LogP contribution < -0.4 is 5.32 Å². The molecule has 0 aliphatic rings. The van der Waals surface area contributed by atoms with Crippen molar-refractivity contribution in [2.75, 3.05) is 5.32 Å². The van der Waals surface area contributed by atoms with Crippen molar-refractivity contribution in [3.05, 3.63) is 51.6 Å². The highest BCUT2D eigenvalue weighted by atomic mass is 35.5. The van der Waals surface area contributed by atoms with Gasteiger partial charge in [0.2, 0.25) is 0 Å². The van der Waals surface area contributed by atoms with Crippen LogP contribution in [-0.2, 0) is 0 Å². The fraction of sp³-hybridized carbons (Fsp3) is 0.0769. The topological polar surface area (TPSA) is 62.2 Å². The van der Waals surface area contributed by atoms with E-state index in [9.17, 15) is 4.79 Å². The minimum Gasteiger partial charge on any atom is -0.478 e. The number of aromatic nitrogens is 1. The van der Waals surface area contributed by atoms with Crippen LogP contribution in [0.25, 0.3) is 0 Å². The Labute approximate surface area is 120 Å². The molecule has 0 bridgehead atoms. The summed E-state index contributed by atoms with van der Waals surface area (Å²) in [7, 11) is 0. The summed E-state index contributed by atoms with van der Waals surface area (Å²) in [5.41, 5.74) is 1.67. The number of rotatable bonds is 3. The predicted molar refractivity (Wildman–Crippen MR) is 75.7 cm³/mol. The Bertz CT molecular complexity index is 645. The quantitative estimate of drug-likeness (QED) is 0.893. The van der Waals surface area contributed by atoms with Crippen LogP contribution in [0.1, 0.15) is 15.9 Å². The number of carboxylic acid groups (broad SMARTS) is 1. The lowest BCUT2D eigenvalue weighted by atomic mass is 10.2. The minimum atomic E-state index is -1.07. The second-order valence-corrected chi connectivity index (χ2v) is 4.71.